The number of amides is 1. The molecule has 4 heteroatoms. The van der Waals surface area contributed by atoms with Crippen LogP contribution in [0.15, 0.2) is 54.6 Å². The number of ether oxygens (including phenoxy) is 1. The van der Waals surface area contributed by atoms with E-state index >= 15 is 0 Å². The minimum Gasteiger partial charge on any atom is -0.493 e. The third-order valence-electron chi connectivity index (χ3n) is 4.72. The van der Waals surface area contributed by atoms with Gasteiger partial charge in [-0.15, -0.1) is 0 Å². The summed E-state index contributed by atoms with van der Waals surface area (Å²) in [7, 11) is 0. The van der Waals surface area contributed by atoms with Crippen LogP contribution in [0.5, 0.6) is 5.75 Å². The molecule has 0 unspecified atom stereocenters. The Morgan fingerprint density at radius 3 is 2.48 bits per heavy atom. The Labute approximate surface area is 161 Å². The maximum atomic E-state index is 13.0. The molecule has 2 aromatic carbocycles. The van der Waals surface area contributed by atoms with Crippen molar-refractivity contribution in [2.45, 2.75) is 33.7 Å². The van der Waals surface area contributed by atoms with Gasteiger partial charge < -0.3 is 14.6 Å². The second-order valence-electron chi connectivity index (χ2n) is 7.21. The molecular formula is C23H28N2O2. The van der Waals surface area contributed by atoms with Gasteiger partial charge in [0.15, 0.2) is 0 Å². The van der Waals surface area contributed by atoms with Gasteiger partial charge in [0.1, 0.15) is 11.4 Å². The van der Waals surface area contributed by atoms with Crippen LogP contribution in [0.2, 0.25) is 0 Å². The van der Waals surface area contributed by atoms with E-state index in [9.17, 15) is 4.79 Å². The van der Waals surface area contributed by atoms with Crippen molar-refractivity contribution >= 4 is 16.8 Å². The van der Waals surface area contributed by atoms with E-state index < -0.39 is 0 Å². The van der Waals surface area contributed by atoms with Gasteiger partial charge in [-0.2, -0.15) is 0 Å². The van der Waals surface area contributed by atoms with Crippen LogP contribution in [0.1, 0.15) is 49.8 Å². The lowest BCUT2D eigenvalue weighted by Gasteiger charge is -2.19. The number of rotatable bonds is 7. The third-order valence-corrected chi connectivity index (χ3v) is 4.72. The quantitative estimate of drug-likeness (QED) is 0.638. The third kappa shape index (κ3) is 4.00. The smallest absolute Gasteiger partial charge is 0.267 e. The van der Waals surface area contributed by atoms with Crippen molar-refractivity contribution in [1.82, 2.24) is 9.88 Å². The van der Waals surface area contributed by atoms with Crippen molar-refractivity contribution < 1.29 is 9.53 Å². The SMILES string of the molecule is CCOc1cccc2c1cc(C(=O)NCC(C)C)n2[C@H](C)c1ccccc1. The number of benzene rings is 2. The van der Waals surface area contributed by atoms with Crippen LogP contribution in [-0.4, -0.2) is 23.6 Å². The highest BCUT2D eigenvalue weighted by Gasteiger charge is 2.22. The van der Waals surface area contributed by atoms with Crippen LogP contribution in [0, 0.1) is 5.92 Å². The first-order valence-electron chi connectivity index (χ1n) is 9.62. The molecule has 27 heavy (non-hydrogen) atoms. The summed E-state index contributed by atoms with van der Waals surface area (Å²) >= 11 is 0. The Balaban J connectivity index is 2.14. The van der Waals surface area contributed by atoms with Crippen LogP contribution in [0.3, 0.4) is 0 Å². The van der Waals surface area contributed by atoms with Crippen molar-refractivity contribution in [3.63, 3.8) is 0 Å². The van der Waals surface area contributed by atoms with E-state index in [4.69, 9.17) is 4.74 Å². The summed E-state index contributed by atoms with van der Waals surface area (Å²) in [6.45, 7) is 9.52. The fourth-order valence-electron chi connectivity index (χ4n) is 3.37. The van der Waals surface area contributed by atoms with Gasteiger partial charge in [0, 0.05) is 11.9 Å². The summed E-state index contributed by atoms with van der Waals surface area (Å²) in [5.74, 6) is 1.16. The second kappa shape index (κ2) is 8.30. The molecule has 1 amide bonds. The van der Waals surface area contributed by atoms with Gasteiger partial charge in [0.2, 0.25) is 0 Å². The summed E-state index contributed by atoms with van der Waals surface area (Å²) in [5.41, 5.74) is 2.83. The molecular weight excluding hydrogens is 336 g/mol. The first-order valence-corrected chi connectivity index (χ1v) is 9.62. The Morgan fingerprint density at radius 1 is 1.07 bits per heavy atom. The van der Waals surface area contributed by atoms with Crippen molar-refractivity contribution in [1.29, 1.82) is 0 Å². The van der Waals surface area contributed by atoms with E-state index in [1.165, 1.54) is 0 Å². The standard InChI is InChI=1S/C23H28N2O2/c1-5-27-22-13-9-12-20-19(22)14-21(23(26)24-15-16(2)3)25(20)17(4)18-10-7-6-8-11-18/h6-14,16-17H,5,15H2,1-4H3,(H,24,26)/t17-/m1/s1. The van der Waals surface area contributed by atoms with E-state index in [0.29, 0.717) is 24.8 Å². The van der Waals surface area contributed by atoms with Gasteiger partial charge in [-0.1, -0.05) is 50.2 Å². The van der Waals surface area contributed by atoms with Gasteiger partial charge in [0.25, 0.3) is 5.91 Å². The van der Waals surface area contributed by atoms with E-state index in [1.807, 2.05) is 43.3 Å². The zero-order chi connectivity index (χ0) is 19.4. The monoisotopic (exact) mass is 364 g/mol. The molecule has 1 atom stereocenters. The Kier molecular flexibility index (Phi) is 5.84. The molecule has 3 aromatic rings. The highest BCUT2D eigenvalue weighted by molar-refractivity contribution is 6.00. The normalized spacial score (nSPS) is 12.3. The Hall–Kier alpha value is -2.75. The van der Waals surface area contributed by atoms with Crippen LogP contribution in [0.25, 0.3) is 10.9 Å². The lowest BCUT2D eigenvalue weighted by Crippen LogP contribution is -2.29. The summed E-state index contributed by atoms with van der Waals surface area (Å²) in [6.07, 6.45) is 0. The molecule has 0 aliphatic heterocycles. The molecule has 0 bridgehead atoms. The van der Waals surface area contributed by atoms with E-state index in [1.54, 1.807) is 0 Å². The number of nitrogens with zero attached hydrogens (tertiary/aromatic N) is 1. The number of carbonyl (C=O) groups excluding carboxylic acids is 1. The van der Waals surface area contributed by atoms with Crippen molar-refractivity contribution in [3.8, 4) is 5.75 Å². The molecule has 0 aliphatic carbocycles. The van der Waals surface area contributed by atoms with Crippen molar-refractivity contribution in [2.24, 2.45) is 5.92 Å². The van der Waals surface area contributed by atoms with Crippen molar-refractivity contribution in [3.05, 3.63) is 65.9 Å². The molecule has 1 N–H and O–H groups in total. The molecule has 0 saturated heterocycles. The molecule has 4 nitrogen and oxygen atoms in total. The van der Waals surface area contributed by atoms with Gasteiger partial charge in [-0.3, -0.25) is 4.79 Å². The number of carbonyl (C=O) groups is 1. The highest BCUT2D eigenvalue weighted by atomic mass is 16.5. The molecule has 142 valence electrons. The number of fused-ring (bicyclic) bond motifs is 1. The minimum absolute atomic E-state index is 0.0281. The molecule has 0 radical (unpaired) electrons. The van der Waals surface area contributed by atoms with Gasteiger partial charge in [-0.25, -0.2) is 0 Å². The molecule has 1 heterocycles. The fourth-order valence-corrected chi connectivity index (χ4v) is 3.37. The fraction of sp³-hybridized carbons (Fsp3) is 0.348. The summed E-state index contributed by atoms with van der Waals surface area (Å²) in [6, 6.07) is 18.2. The average molecular weight is 364 g/mol. The maximum absolute atomic E-state index is 13.0. The molecule has 3 rings (SSSR count). The highest BCUT2D eigenvalue weighted by Crippen LogP contribution is 2.33. The van der Waals surface area contributed by atoms with Crippen LogP contribution < -0.4 is 10.1 Å². The molecule has 0 saturated carbocycles. The Bertz CT molecular complexity index is 913. The topological polar surface area (TPSA) is 43.3 Å². The van der Waals surface area contributed by atoms with Gasteiger partial charge in [-0.05, 0) is 43.5 Å². The Morgan fingerprint density at radius 2 is 1.81 bits per heavy atom. The molecule has 0 spiro atoms. The lowest BCUT2D eigenvalue weighted by molar-refractivity contribution is 0.0939. The molecule has 1 aromatic heterocycles. The van der Waals surface area contributed by atoms with Gasteiger partial charge >= 0.3 is 0 Å². The van der Waals surface area contributed by atoms with E-state index in [-0.39, 0.29) is 11.9 Å². The van der Waals surface area contributed by atoms with Crippen LogP contribution in [-0.2, 0) is 0 Å². The summed E-state index contributed by atoms with van der Waals surface area (Å²) in [5, 5.41) is 4.03. The average Bonchev–Trinajstić information content (AvgIpc) is 3.07. The predicted octanol–water partition coefficient (Wildman–Crippen LogP) is 5.04. The number of nitrogens with one attached hydrogen (secondary N) is 1. The lowest BCUT2D eigenvalue weighted by atomic mass is 10.1. The predicted molar refractivity (Wildman–Crippen MR) is 111 cm³/mol. The van der Waals surface area contributed by atoms with Gasteiger partial charge in [0.05, 0.1) is 18.2 Å². The first kappa shape index (κ1) is 19.0. The number of hydrogen-bond donors (Lipinski definition) is 1. The first-order chi connectivity index (χ1) is 13.0. The largest absolute Gasteiger partial charge is 0.493 e. The minimum atomic E-state index is -0.0508. The van der Waals surface area contributed by atoms with Crippen molar-refractivity contribution in [2.75, 3.05) is 13.2 Å². The summed E-state index contributed by atoms with van der Waals surface area (Å²) in [4.78, 5) is 13.0. The number of aromatic nitrogens is 1. The molecule has 0 aliphatic rings. The van der Waals surface area contributed by atoms with E-state index in [2.05, 4.69) is 48.9 Å². The van der Waals surface area contributed by atoms with E-state index in [0.717, 1.165) is 22.2 Å². The number of hydrogen-bond acceptors (Lipinski definition) is 2. The van der Waals surface area contributed by atoms with Crippen LogP contribution in [0.4, 0.5) is 0 Å². The molecule has 0 fully saturated rings. The maximum Gasteiger partial charge on any atom is 0.267 e. The zero-order valence-corrected chi connectivity index (χ0v) is 16.5. The zero-order valence-electron chi connectivity index (χ0n) is 16.5. The van der Waals surface area contributed by atoms with Crippen LogP contribution >= 0.6 is 0 Å². The second-order valence-corrected chi connectivity index (χ2v) is 7.21. The summed E-state index contributed by atoms with van der Waals surface area (Å²) < 4.78 is 7.92.